The van der Waals surface area contributed by atoms with Gasteiger partial charge in [0.2, 0.25) is 0 Å². The number of hydrogen-bond donors (Lipinski definition) is 1. The molecule has 1 aliphatic rings. The minimum absolute atomic E-state index is 0.109. The number of amides is 1. The first kappa shape index (κ1) is 16.4. The molecule has 1 saturated heterocycles. The predicted molar refractivity (Wildman–Crippen MR) is 88.4 cm³/mol. The summed E-state index contributed by atoms with van der Waals surface area (Å²) in [7, 11) is 0. The van der Waals surface area contributed by atoms with E-state index in [0.717, 1.165) is 6.20 Å². The number of carbonyl (C=O) groups excluding carboxylic acids is 1. The molecule has 0 aliphatic carbocycles. The van der Waals surface area contributed by atoms with E-state index in [4.69, 9.17) is 10.2 Å². The minimum atomic E-state index is -0.529. The Hall–Kier alpha value is -3.43. The second kappa shape index (κ2) is 6.99. The molecular weight excluding hydrogens is 328 g/mol. The summed E-state index contributed by atoms with van der Waals surface area (Å²) in [6.07, 6.45) is 2.59. The summed E-state index contributed by atoms with van der Waals surface area (Å²) in [6, 6.07) is 6.05. The lowest BCUT2D eigenvalue weighted by molar-refractivity contribution is -0.385. The molecule has 0 saturated carbocycles. The highest BCUT2D eigenvalue weighted by molar-refractivity contribution is 5.91. The number of aliphatic imine (C=N–C) groups is 1. The van der Waals surface area contributed by atoms with Crippen molar-refractivity contribution in [3.63, 3.8) is 0 Å². The fourth-order valence-electron chi connectivity index (χ4n) is 2.44. The standard InChI is InChI=1S/C15H16N6O4/c16-15(18-13-4-3-11(10-17-13)21(23)24)20-7-5-19(6-8-20)14(22)12-2-1-9-25-12/h1-4,9-10H,5-8H2,(H2,16,17,18). The fraction of sp³-hybridized carbons (Fsp3) is 0.267. The number of furan rings is 1. The van der Waals surface area contributed by atoms with Crippen molar-refractivity contribution in [2.75, 3.05) is 26.2 Å². The number of aromatic nitrogens is 1. The molecule has 2 N–H and O–H groups in total. The van der Waals surface area contributed by atoms with E-state index in [9.17, 15) is 14.9 Å². The van der Waals surface area contributed by atoms with Gasteiger partial charge in [-0.25, -0.2) is 4.98 Å². The van der Waals surface area contributed by atoms with Crippen LogP contribution in [0.25, 0.3) is 0 Å². The van der Waals surface area contributed by atoms with E-state index in [-0.39, 0.29) is 23.4 Å². The van der Waals surface area contributed by atoms with Gasteiger partial charge in [-0.15, -0.1) is 0 Å². The summed E-state index contributed by atoms with van der Waals surface area (Å²) in [4.78, 5) is 33.9. The molecule has 10 heteroatoms. The fourth-order valence-corrected chi connectivity index (χ4v) is 2.44. The van der Waals surface area contributed by atoms with Crippen molar-refractivity contribution in [3.8, 4) is 0 Å². The molecule has 0 radical (unpaired) electrons. The maximum Gasteiger partial charge on any atom is 0.289 e. The van der Waals surface area contributed by atoms with Crippen LogP contribution in [0.1, 0.15) is 10.6 Å². The van der Waals surface area contributed by atoms with E-state index >= 15 is 0 Å². The van der Waals surface area contributed by atoms with Crippen molar-refractivity contribution in [2.24, 2.45) is 10.7 Å². The van der Waals surface area contributed by atoms with Crippen LogP contribution < -0.4 is 5.73 Å². The van der Waals surface area contributed by atoms with E-state index in [2.05, 4.69) is 9.98 Å². The van der Waals surface area contributed by atoms with Crippen LogP contribution in [0, 0.1) is 10.1 Å². The Morgan fingerprint density at radius 2 is 1.96 bits per heavy atom. The van der Waals surface area contributed by atoms with Gasteiger partial charge < -0.3 is 20.0 Å². The highest BCUT2D eigenvalue weighted by Gasteiger charge is 2.24. The molecule has 1 aliphatic heterocycles. The van der Waals surface area contributed by atoms with Gasteiger partial charge in [0.05, 0.1) is 11.2 Å². The van der Waals surface area contributed by atoms with Crippen LogP contribution >= 0.6 is 0 Å². The molecule has 10 nitrogen and oxygen atoms in total. The van der Waals surface area contributed by atoms with E-state index in [1.807, 2.05) is 4.90 Å². The lowest BCUT2D eigenvalue weighted by Gasteiger charge is -2.34. The summed E-state index contributed by atoms with van der Waals surface area (Å²) >= 11 is 0. The molecule has 3 heterocycles. The molecular formula is C15H16N6O4. The van der Waals surface area contributed by atoms with Crippen LogP contribution in [-0.2, 0) is 0 Å². The summed E-state index contributed by atoms with van der Waals surface area (Å²) < 4.78 is 5.12. The zero-order chi connectivity index (χ0) is 17.8. The summed E-state index contributed by atoms with van der Waals surface area (Å²) in [5, 5.41) is 10.6. The molecule has 2 aromatic heterocycles. The number of nitrogens with zero attached hydrogens (tertiary/aromatic N) is 5. The number of pyridine rings is 1. The maximum atomic E-state index is 12.2. The molecule has 2 aromatic rings. The Labute approximate surface area is 142 Å². The van der Waals surface area contributed by atoms with Crippen molar-refractivity contribution in [1.29, 1.82) is 0 Å². The van der Waals surface area contributed by atoms with Crippen molar-refractivity contribution >= 4 is 23.4 Å². The lowest BCUT2D eigenvalue weighted by atomic mass is 10.3. The zero-order valence-corrected chi connectivity index (χ0v) is 13.2. The van der Waals surface area contributed by atoms with Crippen molar-refractivity contribution < 1.29 is 14.1 Å². The normalized spacial score (nSPS) is 15.3. The Morgan fingerprint density at radius 1 is 1.24 bits per heavy atom. The van der Waals surface area contributed by atoms with Gasteiger partial charge >= 0.3 is 0 Å². The zero-order valence-electron chi connectivity index (χ0n) is 13.2. The number of hydrogen-bond acceptors (Lipinski definition) is 6. The molecule has 0 unspecified atom stereocenters. The van der Waals surface area contributed by atoms with Crippen LogP contribution in [0.5, 0.6) is 0 Å². The van der Waals surface area contributed by atoms with Crippen LogP contribution in [-0.4, -0.2) is 57.8 Å². The van der Waals surface area contributed by atoms with Gasteiger partial charge in [-0.3, -0.25) is 14.9 Å². The number of rotatable bonds is 3. The predicted octanol–water partition coefficient (Wildman–Crippen LogP) is 0.987. The molecule has 1 amide bonds. The Morgan fingerprint density at radius 3 is 2.52 bits per heavy atom. The molecule has 0 aromatic carbocycles. The first-order chi connectivity index (χ1) is 12.0. The summed E-state index contributed by atoms with van der Waals surface area (Å²) in [6.45, 7) is 2.02. The van der Waals surface area contributed by atoms with E-state index < -0.39 is 4.92 Å². The number of guanidine groups is 1. The minimum Gasteiger partial charge on any atom is -0.459 e. The highest BCUT2D eigenvalue weighted by Crippen LogP contribution is 2.15. The third-order valence-corrected chi connectivity index (χ3v) is 3.80. The van der Waals surface area contributed by atoms with Crippen LogP contribution in [0.4, 0.5) is 11.5 Å². The molecule has 1 fully saturated rings. The SMILES string of the molecule is NC(=Nc1ccc([N+](=O)[O-])cn1)N1CCN(C(=O)c2ccco2)CC1. The first-order valence-corrected chi connectivity index (χ1v) is 7.57. The number of piperazine rings is 1. The van der Waals surface area contributed by atoms with Gasteiger partial charge in [-0.2, -0.15) is 4.99 Å². The van der Waals surface area contributed by atoms with Gasteiger partial charge in [0, 0.05) is 32.2 Å². The molecule has 0 spiro atoms. The molecule has 0 atom stereocenters. The number of nitro groups is 1. The second-order valence-electron chi connectivity index (χ2n) is 5.36. The number of nitrogens with two attached hydrogens (primary N) is 1. The first-order valence-electron chi connectivity index (χ1n) is 7.57. The van der Waals surface area contributed by atoms with E-state index in [1.165, 1.54) is 18.4 Å². The van der Waals surface area contributed by atoms with Gasteiger partial charge in [-0.05, 0) is 18.2 Å². The largest absolute Gasteiger partial charge is 0.459 e. The Balaban J connectivity index is 1.60. The van der Waals surface area contributed by atoms with Crippen molar-refractivity contribution in [2.45, 2.75) is 0 Å². The number of carbonyl (C=O) groups is 1. The topological polar surface area (TPSA) is 131 Å². The van der Waals surface area contributed by atoms with E-state index in [1.54, 1.807) is 17.0 Å². The smallest absolute Gasteiger partial charge is 0.289 e. The average molecular weight is 344 g/mol. The monoisotopic (exact) mass is 344 g/mol. The third-order valence-electron chi connectivity index (χ3n) is 3.80. The third kappa shape index (κ3) is 3.74. The summed E-state index contributed by atoms with van der Waals surface area (Å²) in [5.74, 6) is 0.700. The van der Waals surface area contributed by atoms with Crippen LogP contribution in [0.15, 0.2) is 46.1 Å². The Kier molecular flexibility index (Phi) is 4.59. The molecule has 25 heavy (non-hydrogen) atoms. The second-order valence-corrected chi connectivity index (χ2v) is 5.36. The van der Waals surface area contributed by atoms with Crippen molar-refractivity contribution in [1.82, 2.24) is 14.8 Å². The Bertz CT molecular complexity index is 779. The van der Waals surface area contributed by atoms with Crippen molar-refractivity contribution in [3.05, 3.63) is 52.6 Å². The molecule has 3 rings (SSSR count). The highest BCUT2D eigenvalue weighted by atomic mass is 16.6. The van der Waals surface area contributed by atoms with Crippen LogP contribution in [0.3, 0.4) is 0 Å². The average Bonchev–Trinajstić information content (AvgIpc) is 3.16. The molecule has 130 valence electrons. The molecule has 0 bridgehead atoms. The van der Waals surface area contributed by atoms with Crippen LogP contribution in [0.2, 0.25) is 0 Å². The van der Waals surface area contributed by atoms with E-state index in [0.29, 0.717) is 31.9 Å². The lowest BCUT2D eigenvalue weighted by Crippen LogP contribution is -2.52. The quantitative estimate of drug-likeness (QED) is 0.380. The summed E-state index contributed by atoms with van der Waals surface area (Å²) in [5.41, 5.74) is 5.87. The van der Waals surface area contributed by atoms with Gasteiger partial charge in [0.1, 0.15) is 6.20 Å². The van der Waals surface area contributed by atoms with Gasteiger partial charge in [-0.1, -0.05) is 0 Å². The van der Waals surface area contributed by atoms with Gasteiger partial charge in [0.15, 0.2) is 17.5 Å². The van der Waals surface area contributed by atoms with Gasteiger partial charge in [0.25, 0.3) is 11.6 Å². The maximum absolute atomic E-state index is 12.2.